The van der Waals surface area contributed by atoms with Gasteiger partial charge >= 0.3 is 5.97 Å². The quantitative estimate of drug-likeness (QED) is 0.761. The van der Waals surface area contributed by atoms with Crippen molar-refractivity contribution in [3.05, 3.63) is 35.9 Å². The topological polar surface area (TPSA) is 69.6 Å². The summed E-state index contributed by atoms with van der Waals surface area (Å²) >= 11 is 1.53. The van der Waals surface area contributed by atoms with Gasteiger partial charge in [-0.15, -0.1) is 11.8 Å². The van der Waals surface area contributed by atoms with E-state index in [0.717, 1.165) is 24.9 Å². The molecule has 1 aromatic carbocycles. The lowest BCUT2D eigenvalue weighted by Gasteiger charge is -2.42. The van der Waals surface area contributed by atoms with Gasteiger partial charge in [-0.1, -0.05) is 37.3 Å². The maximum Gasteiger partial charge on any atom is 0.317 e. The van der Waals surface area contributed by atoms with Crippen molar-refractivity contribution >= 4 is 23.6 Å². The molecule has 23 heavy (non-hydrogen) atoms. The molecule has 1 aromatic rings. The Morgan fingerprint density at radius 2 is 2.00 bits per heavy atom. The lowest BCUT2D eigenvalue weighted by Crippen LogP contribution is -2.55. The van der Waals surface area contributed by atoms with E-state index in [-0.39, 0.29) is 29.8 Å². The minimum atomic E-state index is -0.800. The Balaban J connectivity index is 1.84. The van der Waals surface area contributed by atoms with Crippen molar-refractivity contribution in [2.75, 3.05) is 19.3 Å². The number of carboxylic acid groups (broad SMARTS) is 1. The zero-order valence-electron chi connectivity index (χ0n) is 13.6. The molecule has 1 amide bonds. The van der Waals surface area contributed by atoms with E-state index in [2.05, 4.69) is 5.32 Å². The number of carbonyl (C=O) groups excluding carboxylic acids is 1. The minimum absolute atomic E-state index is 0.0356. The Kier molecular flexibility index (Phi) is 6.47. The zero-order chi connectivity index (χ0) is 16.8. The molecule has 0 radical (unpaired) electrons. The largest absolute Gasteiger partial charge is 0.480 e. The molecule has 0 heterocycles. The van der Waals surface area contributed by atoms with Crippen LogP contribution in [0.25, 0.3) is 0 Å². The summed E-state index contributed by atoms with van der Waals surface area (Å²) in [6.45, 7) is 2.75. The first-order valence-electron chi connectivity index (χ1n) is 7.89. The van der Waals surface area contributed by atoms with E-state index in [9.17, 15) is 9.59 Å². The summed E-state index contributed by atoms with van der Waals surface area (Å²) in [7, 11) is 0. The summed E-state index contributed by atoms with van der Waals surface area (Å²) in [6, 6.07) is 10.2. The average molecular weight is 336 g/mol. The van der Waals surface area contributed by atoms with Crippen LogP contribution in [0.15, 0.2) is 30.3 Å². The van der Waals surface area contributed by atoms with Crippen LogP contribution in [0.2, 0.25) is 0 Å². The van der Waals surface area contributed by atoms with Gasteiger partial charge < -0.3 is 10.4 Å². The van der Waals surface area contributed by atoms with Crippen LogP contribution in [-0.2, 0) is 9.59 Å². The van der Waals surface area contributed by atoms with Crippen molar-refractivity contribution in [3.8, 4) is 0 Å². The number of nitrogens with zero attached hydrogens (tertiary/aromatic N) is 1. The molecular weight excluding hydrogens is 312 g/mol. The maximum atomic E-state index is 12.5. The number of amides is 1. The van der Waals surface area contributed by atoms with Gasteiger partial charge in [0.15, 0.2) is 0 Å². The summed E-state index contributed by atoms with van der Waals surface area (Å²) in [6.07, 6.45) is 3.58. The summed E-state index contributed by atoms with van der Waals surface area (Å²) in [4.78, 5) is 25.3. The fourth-order valence-corrected chi connectivity index (χ4v) is 3.69. The van der Waals surface area contributed by atoms with Gasteiger partial charge in [0.05, 0.1) is 6.54 Å². The highest BCUT2D eigenvalue weighted by molar-refractivity contribution is 7.99. The van der Waals surface area contributed by atoms with Crippen molar-refractivity contribution < 1.29 is 14.7 Å². The molecule has 1 unspecified atom stereocenters. The number of thioether (sulfide) groups is 1. The zero-order valence-corrected chi connectivity index (χ0v) is 14.4. The second-order valence-electron chi connectivity index (χ2n) is 5.81. The van der Waals surface area contributed by atoms with E-state index < -0.39 is 5.97 Å². The highest BCUT2D eigenvalue weighted by atomic mass is 32.2. The summed E-state index contributed by atoms with van der Waals surface area (Å²) < 4.78 is 0. The van der Waals surface area contributed by atoms with E-state index in [4.69, 9.17) is 5.11 Å². The molecule has 1 fully saturated rings. The van der Waals surface area contributed by atoms with Crippen LogP contribution in [-0.4, -0.2) is 53.3 Å². The Hall–Kier alpha value is -1.53. The molecule has 1 saturated carbocycles. The first-order valence-corrected chi connectivity index (χ1v) is 9.17. The molecule has 0 aromatic heterocycles. The van der Waals surface area contributed by atoms with E-state index in [1.165, 1.54) is 11.8 Å². The highest BCUT2D eigenvalue weighted by Crippen LogP contribution is 2.30. The second kappa shape index (κ2) is 8.36. The number of likely N-dealkylation sites (N-methyl/N-ethyl adjacent to an activating group) is 1. The van der Waals surface area contributed by atoms with Crippen molar-refractivity contribution in [1.29, 1.82) is 0 Å². The molecule has 126 valence electrons. The van der Waals surface area contributed by atoms with Gasteiger partial charge in [-0.3, -0.25) is 14.5 Å². The van der Waals surface area contributed by atoms with Crippen LogP contribution >= 0.6 is 11.8 Å². The van der Waals surface area contributed by atoms with Gasteiger partial charge in [-0.2, -0.15) is 0 Å². The van der Waals surface area contributed by atoms with Crippen LogP contribution in [0.3, 0.4) is 0 Å². The number of hydrogen-bond donors (Lipinski definition) is 2. The summed E-state index contributed by atoms with van der Waals surface area (Å²) in [5.74, 6) is -0.765. The average Bonchev–Trinajstić information content (AvgIpc) is 2.50. The van der Waals surface area contributed by atoms with E-state index in [1.807, 2.05) is 48.4 Å². The number of benzene rings is 1. The van der Waals surface area contributed by atoms with Gasteiger partial charge in [-0.25, -0.2) is 0 Å². The maximum absolute atomic E-state index is 12.5. The van der Waals surface area contributed by atoms with Crippen molar-refractivity contribution in [3.63, 3.8) is 0 Å². The number of nitrogens with one attached hydrogen (secondary N) is 1. The first kappa shape index (κ1) is 17.8. The van der Waals surface area contributed by atoms with Crippen LogP contribution < -0.4 is 5.32 Å². The Morgan fingerprint density at radius 3 is 2.52 bits per heavy atom. The standard InChI is InChI=1S/C17H24N2O3S/c1-3-19(11-15(20)21)14-9-13(10-14)18-17(22)16(23-2)12-7-5-4-6-8-12/h4-8,13-14,16H,3,9-11H2,1-2H3,(H,18,22)(H,20,21). The number of hydrogen-bond acceptors (Lipinski definition) is 4. The SMILES string of the molecule is CCN(CC(=O)O)C1CC(NC(=O)C(SC)c2ccccc2)C1. The smallest absolute Gasteiger partial charge is 0.317 e. The van der Waals surface area contributed by atoms with Crippen molar-refractivity contribution in [2.24, 2.45) is 0 Å². The molecule has 1 atom stereocenters. The van der Waals surface area contributed by atoms with Gasteiger partial charge in [0, 0.05) is 12.1 Å². The predicted octanol–water partition coefficient (Wildman–Crippen LogP) is 2.14. The molecular formula is C17H24N2O3S. The monoisotopic (exact) mass is 336 g/mol. The van der Waals surface area contributed by atoms with Crippen LogP contribution in [0.4, 0.5) is 0 Å². The van der Waals surface area contributed by atoms with Crippen LogP contribution in [0, 0.1) is 0 Å². The molecule has 2 N–H and O–H groups in total. The third-order valence-electron chi connectivity index (χ3n) is 4.30. The first-order chi connectivity index (χ1) is 11.0. The Bertz CT molecular complexity index is 532. The van der Waals surface area contributed by atoms with Gasteiger partial charge in [0.2, 0.25) is 5.91 Å². The second-order valence-corrected chi connectivity index (χ2v) is 6.76. The molecule has 0 saturated heterocycles. The highest BCUT2D eigenvalue weighted by Gasteiger charge is 2.35. The predicted molar refractivity (Wildman–Crippen MR) is 92.5 cm³/mol. The lowest BCUT2D eigenvalue weighted by atomic mass is 9.85. The van der Waals surface area contributed by atoms with E-state index in [0.29, 0.717) is 0 Å². The Labute approximate surface area is 141 Å². The molecule has 0 bridgehead atoms. The normalized spacial score (nSPS) is 21.5. The molecule has 5 nitrogen and oxygen atoms in total. The molecule has 6 heteroatoms. The lowest BCUT2D eigenvalue weighted by molar-refractivity contribution is -0.139. The fourth-order valence-electron chi connectivity index (χ4n) is 2.98. The van der Waals surface area contributed by atoms with Gasteiger partial charge in [0.25, 0.3) is 0 Å². The molecule has 0 aliphatic heterocycles. The van der Waals surface area contributed by atoms with Gasteiger partial charge in [0.1, 0.15) is 5.25 Å². The van der Waals surface area contributed by atoms with Crippen molar-refractivity contribution in [1.82, 2.24) is 10.2 Å². The third kappa shape index (κ3) is 4.72. The number of rotatable bonds is 8. The fraction of sp³-hybridized carbons (Fsp3) is 0.529. The minimum Gasteiger partial charge on any atom is -0.480 e. The molecule has 2 rings (SSSR count). The molecule has 0 spiro atoms. The summed E-state index contributed by atoms with van der Waals surface area (Å²) in [5.41, 5.74) is 1.01. The van der Waals surface area contributed by atoms with Gasteiger partial charge in [-0.05, 0) is 31.2 Å². The molecule has 1 aliphatic rings. The molecule has 1 aliphatic carbocycles. The summed E-state index contributed by atoms with van der Waals surface area (Å²) in [5, 5.41) is 11.8. The van der Waals surface area contributed by atoms with Crippen molar-refractivity contribution in [2.45, 2.75) is 37.1 Å². The Morgan fingerprint density at radius 1 is 1.35 bits per heavy atom. The van der Waals surface area contributed by atoms with E-state index >= 15 is 0 Å². The number of carboxylic acids is 1. The number of aliphatic carboxylic acids is 1. The third-order valence-corrected chi connectivity index (χ3v) is 5.25. The van der Waals surface area contributed by atoms with Crippen LogP contribution in [0.1, 0.15) is 30.6 Å². The van der Waals surface area contributed by atoms with E-state index in [1.54, 1.807) is 0 Å². The van der Waals surface area contributed by atoms with Crippen LogP contribution in [0.5, 0.6) is 0 Å². The number of carbonyl (C=O) groups is 2.